The second kappa shape index (κ2) is 9.99. The van der Waals surface area contributed by atoms with Crippen molar-refractivity contribution in [2.75, 3.05) is 18.4 Å². The van der Waals surface area contributed by atoms with Gasteiger partial charge >= 0.3 is 0 Å². The second-order valence-corrected chi connectivity index (χ2v) is 7.15. The summed E-state index contributed by atoms with van der Waals surface area (Å²) >= 11 is 5.25. The highest BCUT2D eigenvalue weighted by atomic mass is 32.1. The van der Waals surface area contributed by atoms with Crippen LogP contribution in [0.25, 0.3) is 0 Å². The number of nitrogens with zero attached hydrogens (tertiary/aromatic N) is 1. The first-order valence-electron chi connectivity index (χ1n) is 9.47. The number of anilines is 1. The molecule has 5 nitrogen and oxygen atoms in total. The Morgan fingerprint density at radius 1 is 1.00 bits per heavy atom. The van der Waals surface area contributed by atoms with Gasteiger partial charge in [-0.25, -0.2) is 0 Å². The van der Waals surface area contributed by atoms with Gasteiger partial charge in [-0.15, -0.1) is 0 Å². The van der Waals surface area contributed by atoms with Crippen molar-refractivity contribution in [1.29, 1.82) is 0 Å². The molecule has 0 aliphatic rings. The van der Waals surface area contributed by atoms with E-state index in [4.69, 9.17) is 12.2 Å². The maximum atomic E-state index is 12.5. The minimum Gasteiger partial charge on any atom is -0.339 e. The van der Waals surface area contributed by atoms with E-state index < -0.39 is 0 Å². The molecule has 0 fully saturated rings. The largest absolute Gasteiger partial charge is 0.339 e. The van der Waals surface area contributed by atoms with Crippen molar-refractivity contribution in [3.05, 3.63) is 65.2 Å². The summed E-state index contributed by atoms with van der Waals surface area (Å²) in [5.41, 5.74) is 2.94. The third-order valence-electron chi connectivity index (χ3n) is 4.48. The van der Waals surface area contributed by atoms with Gasteiger partial charge in [0.05, 0.1) is 0 Å². The van der Waals surface area contributed by atoms with Gasteiger partial charge in [-0.05, 0) is 67.9 Å². The molecule has 2 rings (SSSR count). The van der Waals surface area contributed by atoms with Crippen molar-refractivity contribution >= 4 is 34.8 Å². The Hall–Kier alpha value is -2.73. The number of hydrogen-bond acceptors (Lipinski definition) is 3. The smallest absolute Gasteiger partial charge is 0.257 e. The van der Waals surface area contributed by atoms with E-state index in [0.29, 0.717) is 35.8 Å². The Morgan fingerprint density at radius 3 is 2.21 bits per heavy atom. The summed E-state index contributed by atoms with van der Waals surface area (Å²) in [5.74, 6) is 0.100. The third-order valence-corrected chi connectivity index (χ3v) is 4.69. The topological polar surface area (TPSA) is 61.4 Å². The van der Waals surface area contributed by atoms with E-state index in [2.05, 4.69) is 24.5 Å². The van der Waals surface area contributed by atoms with Crippen LogP contribution in [0, 0.1) is 0 Å². The van der Waals surface area contributed by atoms with Gasteiger partial charge in [0.25, 0.3) is 11.8 Å². The van der Waals surface area contributed by atoms with Gasteiger partial charge in [-0.3, -0.25) is 14.9 Å². The van der Waals surface area contributed by atoms with E-state index in [-0.39, 0.29) is 16.9 Å². The van der Waals surface area contributed by atoms with Crippen LogP contribution in [0.5, 0.6) is 0 Å². The van der Waals surface area contributed by atoms with E-state index in [1.807, 2.05) is 26.0 Å². The minimum atomic E-state index is -0.275. The zero-order valence-electron chi connectivity index (χ0n) is 16.8. The van der Waals surface area contributed by atoms with Crippen LogP contribution in [0.4, 0.5) is 5.69 Å². The summed E-state index contributed by atoms with van der Waals surface area (Å²) in [6, 6.07) is 14.5. The predicted octanol–water partition coefficient (Wildman–Crippen LogP) is 4.42. The van der Waals surface area contributed by atoms with Crippen LogP contribution >= 0.6 is 12.2 Å². The second-order valence-electron chi connectivity index (χ2n) is 6.74. The Bertz CT molecular complexity index is 843. The molecule has 0 radical (unpaired) electrons. The lowest BCUT2D eigenvalue weighted by molar-refractivity contribution is 0.0772. The number of hydrogen-bond donors (Lipinski definition) is 2. The SMILES string of the molecule is CCN(CC)C(=O)c1cccc(NC(=S)NC(=O)c2ccc(C(C)C)cc2)c1. The fraction of sp³-hybridized carbons (Fsp3) is 0.318. The summed E-state index contributed by atoms with van der Waals surface area (Å²) in [6.45, 7) is 9.40. The van der Waals surface area contributed by atoms with Crippen LogP contribution in [-0.2, 0) is 0 Å². The number of thiocarbonyl (C=S) groups is 1. The monoisotopic (exact) mass is 397 g/mol. The van der Waals surface area contributed by atoms with E-state index in [9.17, 15) is 9.59 Å². The van der Waals surface area contributed by atoms with Crippen LogP contribution < -0.4 is 10.6 Å². The molecule has 6 heteroatoms. The van der Waals surface area contributed by atoms with Crippen molar-refractivity contribution in [3.8, 4) is 0 Å². The van der Waals surface area contributed by atoms with Crippen molar-refractivity contribution < 1.29 is 9.59 Å². The molecular formula is C22H27N3O2S. The first-order valence-corrected chi connectivity index (χ1v) is 9.88. The van der Waals surface area contributed by atoms with Crippen LogP contribution in [0.2, 0.25) is 0 Å². The molecule has 2 aromatic carbocycles. The molecule has 0 aliphatic carbocycles. The predicted molar refractivity (Wildman–Crippen MR) is 118 cm³/mol. The quantitative estimate of drug-likeness (QED) is 0.709. The highest BCUT2D eigenvalue weighted by molar-refractivity contribution is 7.80. The van der Waals surface area contributed by atoms with Crippen molar-refractivity contribution in [1.82, 2.24) is 10.2 Å². The zero-order valence-corrected chi connectivity index (χ0v) is 17.6. The minimum absolute atomic E-state index is 0.0335. The number of nitrogens with one attached hydrogen (secondary N) is 2. The Labute approximate surface area is 172 Å². The van der Waals surface area contributed by atoms with Gasteiger partial charge in [0.2, 0.25) is 0 Å². The van der Waals surface area contributed by atoms with Crippen LogP contribution in [-0.4, -0.2) is 34.9 Å². The molecule has 0 aromatic heterocycles. The molecule has 0 atom stereocenters. The molecular weight excluding hydrogens is 370 g/mol. The van der Waals surface area contributed by atoms with E-state index >= 15 is 0 Å². The molecule has 0 saturated heterocycles. The fourth-order valence-electron chi connectivity index (χ4n) is 2.78. The fourth-order valence-corrected chi connectivity index (χ4v) is 2.99. The molecule has 0 heterocycles. The van der Waals surface area contributed by atoms with Crippen molar-refractivity contribution in [2.45, 2.75) is 33.6 Å². The van der Waals surface area contributed by atoms with Gasteiger partial charge in [0.15, 0.2) is 5.11 Å². The molecule has 0 bridgehead atoms. The van der Waals surface area contributed by atoms with Gasteiger partial charge in [-0.1, -0.05) is 32.0 Å². The van der Waals surface area contributed by atoms with Gasteiger partial charge in [-0.2, -0.15) is 0 Å². The number of carbonyl (C=O) groups is 2. The van der Waals surface area contributed by atoms with Gasteiger partial charge in [0.1, 0.15) is 0 Å². The molecule has 28 heavy (non-hydrogen) atoms. The average Bonchev–Trinajstić information content (AvgIpc) is 2.69. The third kappa shape index (κ3) is 5.63. The summed E-state index contributed by atoms with van der Waals surface area (Å²) in [6.07, 6.45) is 0. The maximum absolute atomic E-state index is 12.5. The van der Waals surface area contributed by atoms with E-state index in [1.165, 1.54) is 5.56 Å². The highest BCUT2D eigenvalue weighted by Gasteiger charge is 2.13. The van der Waals surface area contributed by atoms with Gasteiger partial charge < -0.3 is 10.2 Å². The van der Waals surface area contributed by atoms with Crippen LogP contribution in [0.1, 0.15) is 59.9 Å². The first-order chi connectivity index (χ1) is 13.3. The Kier molecular flexibility index (Phi) is 7.70. The van der Waals surface area contributed by atoms with Crippen LogP contribution in [0.3, 0.4) is 0 Å². The Balaban J connectivity index is 2.01. The number of carbonyl (C=O) groups excluding carboxylic acids is 2. The normalized spacial score (nSPS) is 10.5. The maximum Gasteiger partial charge on any atom is 0.257 e. The Morgan fingerprint density at radius 2 is 1.64 bits per heavy atom. The zero-order chi connectivity index (χ0) is 20.7. The van der Waals surface area contributed by atoms with E-state index in [1.54, 1.807) is 41.3 Å². The standard InChI is InChI=1S/C22H27N3O2S/c1-5-25(6-2)21(27)18-8-7-9-19(14-18)23-22(28)24-20(26)17-12-10-16(11-13-17)15(3)4/h7-15H,5-6H2,1-4H3,(H2,23,24,26,28). The molecule has 2 aromatic rings. The van der Waals surface area contributed by atoms with Crippen LogP contribution in [0.15, 0.2) is 48.5 Å². The van der Waals surface area contributed by atoms with Crippen molar-refractivity contribution in [3.63, 3.8) is 0 Å². The summed E-state index contributed by atoms with van der Waals surface area (Å²) in [4.78, 5) is 26.6. The lowest BCUT2D eigenvalue weighted by Gasteiger charge is -2.19. The number of benzene rings is 2. The molecule has 0 unspecified atom stereocenters. The lowest BCUT2D eigenvalue weighted by atomic mass is 10.0. The molecule has 0 saturated carbocycles. The molecule has 0 spiro atoms. The lowest BCUT2D eigenvalue weighted by Crippen LogP contribution is -2.34. The molecule has 148 valence electrons. The molecule has 0 aliphatic heterocycles. The van der Waals surface area contributed by atoms with Crippen molar-refractivity contribution in [2.24, 2.45) is 0 Å². The summed E-state index contributed by atoms with van der Waals surface area (Å²) in [7, 11) is 0. The first kappa shape index (κ1) is 21.6. The number of rotatable bonds is 6. The molecule has 2 N–H and O–H groups in total. The van der Waals surface area contributed by atoms with E-state index in [0.717, 1.165) is 0 Å². The summed E-state index contributed by atoms with van der Waals surface area (Å²) in [5, 5.41) is 5.83. The highest BCUT2D eigenvalue weighted by Crippen LogP contribution is 2.15. The average molecular weight is 398 g/mol. The number of amides is 2. The summed E-state index contributed by atoms with van der Waals surface area (Å²) < 4.78 is 0. The molecule has 2 amide bonds. The van der Waals surface area contributed by atoms with Gasteiger partial charge in [0, 0.05) is 29.9 Å².